The number of benzene rings is 2. The average Bonchev–Trinajstić information content (AvgIpc) is 2.68. The van der Waals surface area contributed by atoms with E-state index in [9.17, 15) is 14.0 Å². The lowest BCUT2D eigenvalue weighted by Gasteiger charge is -2.35. The van der Waals surface area contributed by atoms with E-state index >= 15 is 0 Å². The topological polar surface area (TPSA) is 49.9 Å². The first-order valence-corrected chi connectivity index (χ1v) is 9.11. The number of piperazine rings is 1. The lowest BCUT2D eigenvalue weighted by molar-refractivity contribution is -0.131. The van der Waals surface area contributed by atoms with Crippen molar-refractivity contribution in [3.05, 3.63) is 65.5 Å². The van der Waals surface area contributed by atoms with Crippen LogP contribution in [0, 0.1) is 5.82 Å². The van der Waals surface area contributed by atoms with Crippen molar-refractivity contribution in [2.45, 2.75) is 13.3 Å². The molecule has 0 atom stereocenters. The van der Waals surface area contributed by atoms with Crippen LogP contribution in [0.25, 0.3) is 0 Å². The summed E-state index contributed by atoms with van der Waals surface area (Å²) in [5.74, 6) is 0.303. The van der Waals surface area contributed by atoms with Crippen LogP contribution in [0.5, 0.6) is 5.75 Å². The summed E-state index contributed by atoms with van der Waals surface area (Å²) >= 11 is 0. The quantitative estimate of drug-likeness (QED) is 0.813. The second-order valence-corrected chi connectivity index (χ2v) is 6.44. The van der Waals surface area contributed by atoms with Crippen LogP contribution in [-0.4, -0.2) is 54.4 Å². The van der Waals surface area contributed by atoms with Gasteiger partial charge in [0.05, 0.1) is 13.0 Å². The number of carbonyl (C=O) groups is 2. The molecule has 1 saturated heterocycles. The number of amides is 2. The van der Waals surface area contributed by atoms with Crippen molar-refractivity contribution < 1.29 is 18.7 Å². The van der Waals surface area contributed by atoms with Gasteiger partial charge >= 0.3 is 0 Å². The van der Waals surface area contributed by atoms with Gasteiger partial charge in [0.1, 0.15) is 11.6 Å². The highest BCUT2D eigenvalue weighted by atomic mass is 19.1. The van der Waals surface area contributed by atoms with E-state index in [1.54, 1.807) is 46.2 Å². The second kappa shape index (κ2) is 8.66. The second-order valence-electron chi connectivity index (χ2n) is 6.44. The third kappa shape index (κ3) is 4.84. The van der Waals surface area contributed by atoms with Crippen molar-refractivity contribution in [3.63, 3.8) is 0 Å². The summed E-state index contributed by atoms with van der Waals surface area (Å²) in [6.07, 6.45) is 0.171. The summed E-state index contributed by atoms with van der Waals surface area (Å²) < 4.78 is 18.6. The smallest absolute Gasteiger partial charge is 0.253 e. The molecule has 0 aliphatic carbocycles. The van der Waals surface area contributed by atoms with Crippen LogP contribution in [0.2, 0.25) is 0 Å². The van der Waals surface area contributed by atoms with E-state index in [0.29, 0.717) is 43.9 Å². The van der Waals surface area contributed by atoms with Crippen molar-refractivity contribution in [1.82, 2.24) is 9.80 Å². The average molecular weight is 370 g/mol. The van der Waals surface area contributed by atoms with Crippen molar-refractivity contribution >= 4 is 11.8 Å². The standard InChI is InChI=1S/C21H23FN2O3/c1-2-27-19-8-6-17(7-9-19)21(26)24-12-10-23(11-13-24)20(25)15-16-4-3-5-18(22)14-16/h3-9,14H,2,10-13,15H2,1H3. The number of hydrogen-bond acceptors (Lipinski definition) is 3. The Morgan fingerprint density at radius 2 is 1.67 bits per heavy atom. The molecule has 1 aliphatic heterocycles. The molecule has 0 saturated carbocycles. The molecule has 0 aromatic heterocycles. The predicted octanol–water partition coefficient (Wildman–Crippen LogP) is 2.75. The van der Waals surface area contributed by atoms with Crippen LogP contribution in [-0.2, 0) is 11.2 Å². The third-order valence-corrected chi connectivity index (χ3v) is 4.58. The van der Waals surface area contributed by atoms with Crippen molar-refractivity contribution in [1.29, 1.82) is 0 Å². The molecule has 0 bridgehead atoms. The van der Waals surface area contributed by atoms with Gasteiger partial charge in [-0.05, 0) is 48.9 Å². The first-order chi connectivity index (χ1) is 13.1. The summed E-state index contributed by atoms with van der Waals surface area (Å²) in [7, 11) is 0. The van der Waals surface area contributed by atoms with Crippen LogP contribution in [0.1, 0.15) is 22.8 Å². The minimum atomic E-state index is -0.342. The SMILES string of the molecule is CCOc1ccc(C(=O)N2CCN(C(=O)Cc3cccc(F)c3)CC2)cc1. The number of halogens is 1. The maximum atomic E-state index is 13.3. The molecule has 0 spiro atoms. The molecule has 142 valence electrons. The molecule has 2 amide bonds. The Balaban J connectivity index is 1.53. The van der Waals surface area contributed by atoms with Crippen LogP contribution in [0.3, 0.4) is 0 Å². The zero-order valence-electron chi connectivity index (χ0n) is 15.4. The van der Waals surface area contributed by atoms with Gasteiger partial charge in [-0.2, -0.15) is 0 Å². The minimum absolute atomic E-state index is 0.0460. The Bertz CT molecular complexity index is 799. The number of carbonyl (C=O) groups excluding carboxylic acids is 2. The normalized spacial score (nSPS) is 14.1. The van der Waals surface area contributed by atoms with Gasteiger partial charge in [0.25, 0.3) is 5.91 Å². The van der Waals surface area contributed by atoms with E-state index in [4.69, 9.17) is 4.74 Å². The number of hydrogen-bond donors (Lipinski definition) is 0. The third-order valence-electron chi connectivity index (χ3n) is 4.58. The van der Waals surface area contributed by atoms with Gasteiger partial charge < -0.3 is 14.5 Å². The number of rotatable bonds is 5. The van der Waals surface area contributed by atoms with E-state index in [1.165, 1.54) is 12.1 Å². The van der Waals surface area contributed by atoms with Gasteiger partial charge in [0, 0.05) is 31.7 Å². The van der Waals surface area contributed by atoms with Crippen molar-refractivity contribution in [3.8, 4) is 5.75 Å². The highest BCUT2D eigenvalue weighted by molar-refractivity contribution is 5.94. The monoisotopic (exact) mass is 370 g/mol. The fraction of sp³-hybridized carbons (Fsp3) is 0.333. The van der Waals surface area contributed by atoms with E-state index in [1.807, 2.05) is 6.92 Å². The fourth-order valence-corrected chi connectivity index (χ4v) is 3.14. The van der Waals surface area contributed by atoms with E-state index in [-0.39, 0.29) is 24.1 Å². The fourth-order valence-electron chi connectivity index (χ4n) is 3.14. The lowest BCUT2D eigenvalue weighted by Crippen LogP contribution is -2.51. The molecule has 2 aromatic carbocycles. The number of ether oxygens (including phenoxy) is 1. The Kier molecular flexibility index (Phi) is 6.06. The van der Waals surface area contributed by atoms with Gasteiger partial charge in [0.2, 0.25) is 5.91 Å². The molecule has 0 radical (unpaired) electrons. The maximum absolute atomic E-state index is 13.3. The minimum Gasteiger partial charge on any atom is -0.494 e. The molecule has 5 nitrogen and oxygen atoms in total. The summed E-state index contributed by atoms with van der Waals surface area (Å²) in [4.78, 5) is 28.5. The molecule has 1 fully saturated rings. The molecule has 1 aliphatic rings. The van der Waals surface area contributed by atoms with Gasteiger partial charge in [-0.1, -0.05) is 12.1 Å². The Morgan fingerprint density at radius 3 is 2.30 bits per heavy atom. The zero-order chi connectivity index (χ0) is 19.2. The van der Waals surface area contributed by atoms with E-state index in [2.05, 4.69) is 0 Å². The van der Waals surface area contributed by atoms with Gasteiger partial charge in [-0.3, -0.25) is 9.59 Å². The van der Waals surface area contributed by atoms with Gasteiger partial charge in [-0.25, -0.2) is 4.39 Å². The number of nitrogens with zero attached hydrogens (tertiary/aromatic N) is 2. The van der Waals surface area contributed by atoms with Crippen molar-refractivity contribution in [2.75, 3.05) is 32.8 Å². The Labute approximate surface area is 158 Å². The molecule has 2 aromatic rings. The largest absolute Gasteiger partial charge is 0.494 e. The zero-order valence-corrected chi connectivity index (χ0v) is 15.4. The predicted molar refractivity (Wildman–Crippen MR) is 100 cm³/mol. The molecule has 3 rings (SSSR count). The van der Waals surface area contributed by atoms with Gasteiger partial charge in [0.15, 0.2) is 0 Å². The van der Waals surface area contributed by atoms with Crippen LogP contribution >= 0.6 is 0 Å². The summed E-state index contributed by atoms with van der Waals surface area (Å²) in [6, 6.07) is 13.2. The highest BCUT2D eigenvalue weighted by Crippen LogP contribution is 2.15. The van der Waals surface area contributed by atoms with Crippen LogP contribution in [0.15, 0.2) is 48.5 Å². The molecule has 0 N–H and O–H groups in total. The van der Waals surface area contributed by atoms with E-state index in [0.717, 1.165) is 5.75 Å². The first kappa shape index (κ1) is 18.9. The maximum Gasteiger partial charge on any atom is 0.253 e. The van der Waals surface area contributed by atoms with Crippen LogP contribution in [0.4, 0.5) is 4.39 Å². The van der Waals surface area contributed by atoms with E-state index < -0.39 is 0 Å². The summed E-state index contributed by atoms with van der Waals surface area (Å²) in [6.45, 7) is 4.43. The highest BCUT2D eigenvalue weighted by Gasteiger charge is 2.24. The summed E-state index contributed by atoms with van der Waals surface area (Å²) in [5, 5.41) is 0. The Hall–Kier alpha value is -2.89. The molecule has 1 heterocycles. The van der Waals surface area contributed by atoms with Crippen molar-refractivity contribution in [2.24, 2.45) is 0 Å². The Morgan fingerprint density at radius 1 is 1.00 bits per heavy atom. The molecule has 6 heteroatoms. The molecule has 0 unspecified atom stereocenters. The summed E-state index contributed by atoms with van der Waals surface area (Å²) in [5.41, 5.74) is 1.27. The van der Waals surface area contributed by atoms with Crippen LogP contribution < -0.4 is 4.74 Å². The molecular formula is C21H23FN2O3. The van der Waals surface area contributed by atoms with Gasteiger partial charge in [-0.15, -0.1) is 0 Å². The molecule has 27 heavy (non-hydrogen) atoms. The molecular weight excluding hydrogens is 347 g/mol. The first-order valence-electron chi connectivity index (χ1n) is 9.11. The lowest BCUT2D eigenvalue weighted by atomic mass is 10.1.